The van der Waals surface area contributed by atoms with Crippen molar-refractivity contribution in [2.75, 3.05) is 11.6 Å². The molecule has 0 atom stereocenters. The number of anilines is 2. The fraction of sp³-hybridized carbons (Fsp3) is 0.0455. The minimum Gasteiger partial charge on any atom is -0.457 e. The van der Waals surface area contributed by atoms with Gasteiger partial charge in [-0.1, -0.05) is 18.2 Å². The van der Waals surface area contributed by atoms with Crippen molar-refractivity contribution in [2.45, 2.75) is 4.90 Å². The highest BCUT2D eigenvalue weighted by molar-refractivity contribution is 7.90. The van der Waals surface area contributed by atoms with Gasteiger partial charge in [0.1, 0.15) is 11.5 Å². The molecule has 3 aromatic carbocycles. The van der Waals surface area contributed by atoms with Gasteiger partial charge in [-0.25, -0.2) is 8.42 Å². The van der Waals surface area contributed by atoms with Crippen LogP contribution in [0, 0.1) is 0 Å². The van der Waals surface area contributed by atoms with Crippen molar-refractivity contribution < 1.29 is 13.2 Å². The SMILES string of the molecule is CS(=O)(=O)c1ccc2nccc(Nc3ccc(Oc4ccccc4)cc3)c2c1. The van der Waals surface area contributed by atoms with E-state index in [1.807, 2.05) is 60.7 Å². The van der Waals surface area contributed by atoms with Crippen LogP contribution < -0.4 is 10.1 Å². The molecule has 6 heteroatoms. The number of para-hydroxylation sites is 1. The zero-order valence-electron chi connectivity index (χ0n) is 15.2. The molecular weight excluding hydrogens is 372 g/mol. The van der Waals surface area contributed by atoms with Crippen LogP contribution in [-0.2, 0) is 9.84 Å². The van der Waals surface area contributed by atoms with Crippen LogP contribution in [0.1, 0.15) is 0 Å². The van der Waals surface area contributed by atoms with Crippen LogP contribution in [0.25, 0.3) is 10.9 Å². The van der Waals surface area contributed by atoms with E-state index in [-0.39, 0.29) is 4.90 Å². The average molecular weight is 390 g/mol. The summed E-state index contributed by atoms with van der Waals surface area (Å²) in [7, 11) is -3.29. The molecule has 0 aliphatic heterocycles. The van der Waals surface area contributed by atoms with E-state index in [2.05, 4.69) is 10.3 Å². The number of nitrogens with zero attached hydrogens (tertiary/aromatic N) is 1. The fourth-order valence-corrected chi connectivity index (χ4v) is 3.50. The topological polar surface area (TPSA) is 68.3 Å². The third kappa shape index (κ3) is 3.97. The van der Waals surface area contributed by atoms with Gasteiger partial charge in [0.05, 0.1) is 10.4 Å². The van der Waals surface area contributed by atoms with E-state index in [9.17, 15) is 8.42 Å². The first-order valence-corrected chi connectivity index (χ1v) is 10.6. The van der Waals surface area contributed by atoms with Gasteiger partial charge in [-0.15, -0.1) is 0 Å². The highest BCUT2D eigenvalue weighted by Crippen LogP contribution is 2.29. The summed E-state index contributed by atoms with van der Waals surface area (Å²) in [6.07, 6.45) is 2.89. The summed E-state index contributed by atoms with van der Waals surface area (Å²) in [5.74, 6) is 1.51. The molecule has 140 valence electrons. The number of sulfone groups is 1. The molecule has 0 amide bonds. The molecule has 1 heterocycles. The number of fused-ring (bicyclic) bond motifs is 1. The fourth-order valence-electron chi connectivity index (χ4n) is 2.85. The number of pyridine rings is 1. The van der Waals surface area contributed by atoms with Crippen LogP contribution in [0.3, 0.4) is 0 Å². The largest absolute Gasteiger partial charge is 0.457 e. The molecule has 0 aliphatic rings. The third-order valence-corrected chi connectivity index (χ3v) is 5.36. The summed E-state index contributed by atoms with van der Waals surface area (Å²) in [5, 5.41) is 4.07. The number of hydrogen-bond donors (Lipinski definition) is 1. The predicted molar refractivity (Wildman–Crippen MR) is 111 cm³/mol. The Bertz CT molecular complexity index is 1220. The zero-order valence-corrected chi connectivity index (χ0v) is 16.0. The molecule has 0 saturated heterocycles. The molecule has 0 saturated carbocycles. The number of nitrogens with one attached hydrogen (secondary N) is 1. The summed E-state index contributed by atoms with van der Waals surface area (Å²) in [6, 6.07) is 23.9. The van der Waals surface area contributed by atoms with E-state index in [4.69, 9.17) is 4.74 Å². The van der Waals surface area contributed by atoms with Crippen LogP contribution in [0.15, 0.2) is 90.0 Å². The molecule has 4 rings (SSSR count). The summed E-state index contributed by atoms with van der Waals surface area (Å²) >= 11 is 0. The lowest BCUT2D eigenvalue weighted by Crippen LogP contribution is -1.98. The van der Waals surface area contributed by atoms with Crippen molar-refractivity contribution in [2.24, 2.45) is 0 Å². The van der Waals surface area contributed by atoms with Crippen LogP contribution in [0.4, 0.5) is 11.4 Å². The van der Waals surface area contributed by atoms with Gasteiger partial charge >= 0.3 is 0 Å². The Morgan fingerprint density at radius 2 is 1.57 bits per heavy atom. The second-order valence-corrected chi connectivity index (χ2v) is 8.39. The predicted octanol–water partition coefficient (Wildman–Crippen LogP) is 5.17. The molecule has 28 heavy (non-hydrogen) atoms. The summed E-state index contributed by atoms with van der Waals surface area (Å²) in [5.41, 5.74) is 2.37. The van der Waals surface area contributed by atoms with E-state index in [0.717, 1.165) is 33.8 Å². The van der Waals surface area contributed by atoms with E-state index in [1.54, 1.807) is 24.4 Å². The van der Waals surface area contributed by atoms with Crippen molar-refractivity contribution in [1.82, 2.24) is 4.98 Å². The van der Waals surface area contributed by atoms with E-state index >= 15 is 0 Å². The Morgan fingerprint density at radius 1 is 0.857 bits per heavy atom. The molecule has 5 nitrogen and oxygen atoms in total. The first-order valence-electron chi connectivity index (χ1n) is 8.68. The van der Waals surface area contributed by atoms with Gasteiger partial charge < -0.3 is 10.1 Å². The maximum atomic E-state index is 11.9. The van der Waals surface area contributed by atoms with Gasteiger partial charge in [-0.2, -0.15) is 0 Å². The smallest absolute Gasteiger partial charge is 0.175 e. The minimum atomic E-state index is -3.29. The molecule has 0 aliphatic carbocycles. The van der Waals surface area contributed by atoms with Gasteiger partial charge in [0.25, 0.3) is 0 Å². The summed E-state index contributed by atoms with van der Waals surface area (Å²) in [6.45, 7) is 0. The molecule has 1 N–H and O–H groups in total. The highest BCUT2D eigenvalue weighted by atomic mass is 32.2. The monoisotopic (exact) mass is 390 g/mol. The lowest BCUT2D eigenvalue weighted by Gasteiger charge is -2.11. The van der Waals surface area contributed by atoms with Gasteiger partial charge in [0.15, 0.2) is 9.84 Å². The second kappa shape index (κ2) is 7.32. The molecule has 4 aromatic rings. The molecule has 0 bridgehead atoms. The van der Waals surface area contributed by atoms with Crippen LogP contribution >= 0.6 is 0 Å². The van der Waals surface area contributed by atoms with Crippen molar-refractivity contribution >= 4 is 32.1 Å². The van der Waals surface area contributed by atoms with Crippen molar-refractivity contribution in [3.63, 3.8) is 0 Å². The van der Waals surface area contributed by atoms with Crippen LogP contribution in [0.2, 0.25) is 0 Å². The van der Waals surface area contributed by atoms with Gasteiger partial charge in [0, 0.05) is 29.2 Å². The third-order valence-electron chi connectivity index (χ3n) is 4.25. The van der Waals surface area contributed by atoms with Gasteiger partial charge in [-0.3, -0.25) is 4.98 Å². The van der Waals surface area contributed by atoms with Gasteiger partial charge in [-0.05, 0) is 60.7 Å². The van der Waals surface area contributed by atoms with Crippen LogP contribution in [0.5, 0.6) is 11.5 Å². The second-order valence-electron chi connectivity index (χ2n) is 6.37. The van der Waals surface area contributed by atoms with E-state index in [1.165, 1.54) is 6.26 Å². The first kappa shape index (κ1) is 18.0. The summed E-state index contributed by atoms with van der Waals surface area (Å²) < 4.78 is 29.6. The summed E-state index contributed by atoms with van der Waals surface area (Å²) in [4.78, 5) is 4.58. The number of hydrogen-bond acceptors (Lipinski definition) is 5. The normalized spacial score (nSPS) is 11.3. The van der Waals surface area contributed by atoms with E-state index < -0.39 is 9.84 Å². The Kier molecular flexibility index (Phi) is 4.71. The van der Waals surface area contributed by atoms with E-state index in [0.29, 0.717) is 0 Å². The number of aromatic nitrogens is 1. The van der Waals surface area contributed by atoms with Crippen molar-refractivity contribution in [3.05, 3.63) is 85.1 Å². The van der Waals surface area contributed by atoms with Crippen LogP contribution in [-0.4, -0.2) is 19.7 Å². The molecular formula is C22H18N2O3S. The molecule has 0 unspecified atom stereocenters. The molecule has 0 fully saturated rings. The van der Waals surface area contributed by atoms with Gasteiger partial charge in [0.2, 0.25) is 0 Å². The standard InChI is InChI=1S/C22H18N2O3S/c1-28(25,26)19-11-12-21-20(15-19)22(13-14-23-21)24-16-7-9-18(10-8-16)27-17-5-3-2-4-6-17/h2-15H,1H3,(H,23,24). The maximum Gasteiger partial charge on any atom is 0.175 e. The number of ether oxygens (including phenoxy) is 1. The molecule has 1 aromatic heterocycles. The minimum absolute atomic E-state index is 0.266. The Labute approximate surface area is 163 Å². The highest BCUT2D eigenvalue weighted by Gasteiger charge is 2.10. The Morgan fingerprint density at radius 3 is 2.29 bits per heavy atom. The van der Waals surface area contributed by atoms with Crippen molar-refractivity contribution in [3.8, 4) is 11.5 Å². The molecule has 0 spiro atoms. The quantitative estimate of drug-likeness (QED) is 0.509. The first-order chi connectivity index (χ1) is 13.5. The molecule has 0 radical (unpaired) electrons. The maximum absolute atomic E-state index is 11.9. The zero-order chi connectivity index (χ0) is 19.6. The Balaban J connectivity index is 1.61. The number of rotatable bonds is 5. The lowest BCUT2D eigenvalue weighted by atomic mass is 10.2. The lowest BCUT2D eigenvalue weighted by molar-refractivity contribution is 0.483. The average Bonchev–Trinajstić information content (AvgIpc) is 2.69. The number of benzene rings is 3. The Hall–Kier alpha value is -3.38. The van der Waals surface area contributed by atoms with Crippen molar-refractivity contribution in [1.29, 1.82) is 0 Å².